The lowest BCUT2D eigenvalue weighted by Crippen LogP contribution is -2.45. The first-order valence-corrected chi connectivity index (χ1v) is 10.9. The Labute approximate surface area is 168 Å². The summed E-state index contributed by atoms with van der Waals surface area (Å²) in [7, 11) is -3.49. The molecule has 1 amide bonds. The van der Waals surface area contributed by atoms with Crippen molar-refractivity contribution in [3.8, 4) is 0 Å². The lowest BCUT2D eigenvalue weighted by atomic mass is 9.97. The van der Waals surface area contributed by atoms with Crippen molar-refractivity contribution >= 4 is 28.3 Å². The second-order valence-electron chi connectivity index (χ2n) is 7.49. The van der Waals surface area contributed by atoms with Gasteiger partial charge in [0.15, 0.2) is 0 Å². The number of halogens is 1. The summed E-state index contributed by atoms with van der Waals surface area (Å²) in [5, 5.41) is 6.39. The average Bonchev–Trinajstić information content (AvgIpc) is 3.13. The highest BCUT2D eigenvalue weighted by molar-refractivity contribution is 7.89. The first kappa shape index (κ1) is 22.1. The number of aryl methyl sites for hydroxylation is 2. The predicted molar refractivity (Wildman–Crippen MR) is 109 cm³/mol. The molecular formula is C19H30ClN3O3S. The van der Waals surface area contributed by atoms with Gasteiger partial charge in [-0.25, -0.2) is 8.42 Å². The Hall–Kier alpha value is -1.15. The Balaban J connectivity index is 0.00000261. The summed E-state index contributed by atoms with van der Waals surface area (Å²) in [6, 6.07) is 5.79. The van der Waals surface area contributed by atoms with E-state index in [0.717, 1.165) is 30.5 Å². The lowest BCUT2D eigenvalue weighted by Gasteiger charge is -2.31. The van der Waals surface area contributed by atoms with Gasteiger partial charge in [-0.05, 0) is 57.7 Å². The molecule has 152 valence electrons. The van der Waals surface area contributed by atoms with Crippen molar-refractivity contribution in [1.29, 1.82) is 0 Å². The lowest BCUT2D eigenvalue weighted by molar-refractivity contribution is -0.126. The van der Waals surface area contributed by atoms with Crippen molar-refractivity contribution in [2.24, 2.45) is 5.92 Å². The van der Waals surface area contributed by atoms with Crippen molar-refractivity contribution in [2.75, 3.05) is 26.2 Å². The van der Waals surface area contributed by atoms with Gasteiger partial charge >= 0.3 is 0 Å². The van der Waals surface area contributed by atoms with Crippen molar-refractivity contribution in [3.63, 3.8) is 0 Å². The molecule has 0 aromatic heterocycles. The van der Waals surface area contributed by atoms with E-state index in [4.69, 9.17) is 0 Å². The van der Waals surface area contributed by atoms with Gasteiger partial charge in [0, 0.05) is 31.6 Å². The number of piperidine rings is 1. The van der Waals surface area contributed by atoms with Gasteiger partial charge in [0.1, 0.15) is 0 Å². The number of nitrogens with one attached hydrogen (secondary N) is 2. The van der Waals surface area contributed by atoms with Crippen LogP contribution in [0, 0.1) is 19.8 Å². The van der Waals surface area contributed by atoms with Crippen molar-refractivity contribution in [1.82, 2.24) is 14.9 Å². The third-order valence-electron chi connectivity index (χ3n) is 5.46. The molecule has 3 rings (SSSR count). The van der Waals surface area contributed by atoms with Gasteiger partial charge in [-0.1, -0.05) is 17.7 Å². The Morgan fingerprint density at radius 1 is 1.22 bits per heavy atom. The molecule has 1 unspecified atom stereocenters. The molecule has 2 N–H and O–H groups in total. The maximum Gasteiger partial charge on any atom is 0.243 e. The van der Waals surface area contributed by atoms with Crippen LogP contribution in [0.5, 0.6) is 0 Å². The van der Waals surface area contributed by atoms with Crippen LogP contribution in [0.2, 0.25) is 0 Å². The van der Waals surface area contributed by atoms with Crippen LogP contribution in [0.1, 0.15) is 36.8 Å². The second-order valence-corrected chi connectivity index (χ2v) is 9.39. The molecule has 8 heteroatoms. The number of carbonyl (C=O) groups is 1. The molecule has 2 heterocycles. The molecule has 2 saturated heterocycles. The monoisotopic (exact) mass is 415 g/mol. The van der Waals surface area contributed by atoms with Crippen LogP contribution in [0.15, 0.2) is 23.1 Å². The Morgan fingerprint density at radius 3 is 2.52 bits per heavy atom. The first-order chi connectivity index (χ1) is 12.4. The van der Waals surface area contributed by atoms with Crippen LogP contribution < -0.4 is 10.6 Å². The van der Waals surface area contributed by atoms with Gasteiger partial charge in [0.25, 0.3) is 0 Å². The summed E-state index contributed by atoms with van der Waals surface area (Å²) in [5.74, 6) is -0.0377. The van der Waals surface area contributed by atoms with Gasteiger partial charge in [0.2, 0.25) is 15.9 Å². The number of amides is 1. The Morgan fingerprint density at radius 2 is 1.93 bits per heavy atom. The van der Waals surface area contributed by atoms with Crippen LogP contribution in [0.3, 0.4) is 0 Å². The Bertz CT molecular complexity index is 755. The molecule has 1 atom stereocenters. The maximum atomic E-state index is 12.9. The maximum absolute atomic E-state index is 12.9. The van der Waals surface area contributed by atoms with Gasteiger partial charge in [0.05, 0.1) is 4.90 Å². The van der Waals surface area contributed by atoms with Crippen LogP contribution in [0.25, 0.3) is 0 Å². The number of carbonyl (C=O) groups excluding carboxylic acids is 1. The molecule has 2 fully saturated rings. The normalized spacial score (nSPS) is 21.6. The molecule has 0 saturated carbocycles. The summed E-state index contributed by atoms with van der Waals surface area (Å²) in [6.45, 7) is 6.27. The highest BCUT2D eigenvalue weighted by atomic mass is 35.5. The van der Waals surface area contributed by atoms with Crippen LogP contribution in [0.4, 0.5) is 0 Å². The Kier molecular flexibility index (Phi) is 7.68. The fourth-order valence-electron chi connectivity index (χ4n) is 3.89. The van der Waals surface area contributed by atoms with E-state index in [0.29, 0.717) is 43.4 Å². The minimum absolute atomic E-state index is 0. The fourth-order valence-corrected chi connectivity index (χ4v) is 5.56. The highest BCUT2D eigenvalue weighted by Gasteiger charge is 2.33. The van der Waals surface area contributed by atoms with Crippen LogP contribution in [-0.2, 0) is 14.8 Å². The van der Waals surface area contributed by atoms with E-state index in [2.05, 4.69) is 10.6 Å². The number of hydrogen-bond acceptors (Lipinski definition) is 4. The standard InChI is InChI=1S/C19H29N3O3S.ClH/c1-14-5-6-18(15(2)12-14)26(24,25)22-10-7-16(8-11-22)19(23)21-13-17-4-3-9-20-17;/h5-6,12,16-17,20H,3-4,7-11,13H2,1-2H3,(H,21,23);1H. The second kappa shape index (κ2) is 9.37. The number of benzene rings is 1. The van der Waals surface area contributed by atoms with E-state index < -0.39 is 10.0 Å². The number of rotatable bonds is 5. The molecule has 0 bridgehead atoms. The molecule has 1 aromatic rings. The van der Waals surface area contributed by atoms with E-state index >= 15 is 0 Å². The van der Waals surface area contributed by atoms with Crippen molar-refractivity contribution in [3.05, 3.63) is 29.3 Å². The third-order valence-corrected chi connectivity index (χ3v) is 7.52. The molecule has 1 aromatic carbocycles. The zero-order chi connectivity index (χ0) is 18.7. The zero-order valence-electron chi connectivity index (χ0n) is 16.0. The first-order valence-electron chi connectivity index (χ1n) is 9.46. The molecule has 27 heavy (non-hydrogen) atoms. The minimum atomic E-state index is -3.49. The minimum Gasteiger partial charge on any atom is -0.354 e. The third kappa shape index (κ3) is 5.22. The van der Waals surface area contributed by atoms with Gasteiger partial charge in [-0.15, -0.1) is 12.4 Å². The van der Waals surface area contributed by atoms with E-state index in [9.17, 15) is 13.2 Å². The molecule has 0 radical (unpaired) electrons. The highest BCUT2D eigenvalue weighted by Crippen LogP contribution is 2.26. The quantitative estimate of drug-likeness (QED) is 0.770. The SMILES string of the molecule is Cc1ccc(S(=O)(=O)N2CCC(C(=O)NCC3CCCN3)CC2)c(C)c1.Cl. The summed E-state index contributed by atoms with van der Waals surface area (Å²) >= 11 is 0. The van der Waals surface area contributed by atoms with E-state index in [1.165, 1.54) is 4.31 Å². The fraction of sp³-hybridized carbons (Fsp3) is 0.632. The van der Waals surface area contributed by atoms with E-state index in [1.807, 2.05) is 26.0 Å². The topological polar surface area (TPSA) is 78.5 Å². The summed E-state index contributed by atoms with van der Waals surface area (Å²) in [5.41, 5.74) is 1.82. The average molecular weight is 416 g/mol. The molecular weight excluding hydrogens is 386 g/mol. The van der Waals surface area contributed by atoms with Crippen LogP contribution >= 0.6 is 12.4 Å². The van der Waals surface area contributed by atoms with E-state index in [1.54, 1.807) is 6.07 Å². The van der Waals surface area contributed by atoms with Gasteiger partial charge in [-0.3, -0.25) is 4.79 Å². The molecule has 6 nitrogen and oxygen atoms in total. The number of sulfonamides is 1. The zero-order valence-corrected chi connectivity index (χ0v) is 17.7. The van der Waals surface area contributed by atoms with Gasteiger partial charge < -0.3 is 10.6 Å². The predicted octanol–water partition coefficient (Wildman–Crippen LogP) is 1.99. The smallest absolute Gasteiger partial charge is 0.243 e. The van der Waals surface area contributed by atoms with E-state index in [-0.39, 0.29) is 24.2 Å². The number of nitrogens with zero attached hydrogens (tertiary/aromatic N) is 1. The summed E-state index contributed by atoms with van der Waals surface area (Å²) in [6.07, 6.45) is 3.42. The molecule has 2 aliphatic heterocycles. The molecule has 2 aliphatic rings. The summed E-state index contributed by atoms with van der Waals surface area (Å²) < 4.78 is 27.3. The molecule has 0 spiro atoms. The van der Waals surface area contributed by atoms with Gasteiger partial charge in [-0.2, -0.15) is 4.31 Å². The van der Waals surface area contributed by atoms with Crippen molar-refractivity contribution in [2.45, 2.75) is 50.5 Å². The summed E-state index contributed by atoms with van der Waals surface area (Å²) in [4.78, 5) is 12.7. The molecule has 0 aliphatic carbocycles. The largest absolute Gasteiger partial charge is 0.354 e. The van der Waals surface area contributed by atoms with Crippen LogP contribution in [-0.4, -0.2) is 50.9 Å². The number of hydrogen-bond donors (Lipinski definition) is 2. The van der Waals surface area contributed by atoms with Crippen molar-refractivity contribution < 1.29 is 13.2 Å².